The number of halogens is 6. The highest BCUT2D eigenvalue weighted by molar-refractivity contribution is 5.83. The van der Waals surface area contributed by atoms with E-state index in [1.54, 1.807) is 13.8 Å². The fourth-order valence-corrected chi connectivity index (χ4v) is 6.27. The van der Waals surface area contributed by atoms with E-state index in [-0.39, 0.29) is 35.5 Å². The smallest absolute Gasteiger partial charge is 0.390 e. The summed E-state index contributed by atoms with van der Waals surface area (Å²) >= 11 is 0. The Morgan fingerprint density at radius 2 is 1.58 bits per heavy atom. The van der Waals surface area contributed by atoms with Crippen molar-refractivity contribution in [2.75, 3.05) is 0 Å². The van der Waals surface area contributed by atoms with E-state index in [9.17, 15) is 41.4 Å². The average Bonchev–Trinajstić information content (AvgIpc) is 2.97. The van der Waals surface area contributed by atoms with Crippen molar-refractivity contribution >= 4 is 5.78 Å². The largest absolute Gasteiger partial charge is 0.429 e. The summed E-state index contributed by atoms with van der Waals surface area (Å²) in [6.07, 6.45) is -6.52. The second-order valence-corrected chi connectivity index (χ2v) is 11.2. The maximum Gasteiger partial charge on any atom is 0.429 e. The predicted molar refractivity (Wildman–Crippen MR) is 112 cm³/mol. The quantitative estimate of drug-likeness (QED) is 0.303. The third kappa shape index (κ3) is 5.77. The van der Waals surface area contributed by atoms with Crippen molar-refractivity contribution in [3.63, 3.8) is 0 Å². The number of hydrogen-bond acceptors (Lipinski definition) is 3. The van der Waals surface area contributed by atoms with Gasteiger partial charge in [0.05, 0.1) is 5.60 Å². The molecule has 192 valence electrons. The minimum absolute atomic E-state index is 0.0735. The average molecular weight is 487 g/mol. The van der Waals surface area contributed by atoms with Crippen LogP contribution in [0.25, 0.3) is 0 Å². The Morgan fingerprint density at radius 1 is 1.00 bits per heavy atom. The Morgan fingerprint density at radius 3 is 2.09 bits per heavy atom. The van der Waals surface area contributed by atoms with Crippen molar-refractivity contribution in [1.82, 2.24) is 0 Å². The lowest BCUT2D eigenvalue weighted by Crippen LogP contribution is -2.55. The van der Waals surface area contributed by atoms with Crippen molar-refractivity contribution in [2.45, 2.75) is 109 Å². The number of allylic oxidation sites excluding steroid dienone is 1. The zero-order valence-electron chi connectivity index (χ0n) is 19.7. The molecule has 2 saturated carbocycles. The maximum absolute atomic E-state index is 13.1. The monoisotopic (exact) mass is 486 g/mol. The summed E-state index contributed by atoms with van der Waals surface area (Å²) in [5.41, 5.74) is -6.93. The highest BCUT2D eigenvalue weighted by Crippen LogP contribution is 2.61. The standard InChI is InChI=1S/C24H36F6O3/c1-19(2,32)11-6-12-20(3,13-7-15-22(33,23(25,26)27)24(28,29)30)18-10-9-16-17(31)8-5-14-21(16,18)4/h7,15-16,18,32-33H,5-6,8-14H2,1-4H3/b15-7-/t16?,18?,20-,21-/m0/s1. The van der Waals surface area contributed by atoms with Gasteiger partial charge >= 0.3 is 12.4 Å². The first-order valence-electron chi connectivity index (χ1n) is 11.6. The number of ketones is 1. The molecule has 0 amide bonds. The number of aliphatic hydroxyl groups is 2. The molecule has 4 atom stereocenters. The molecule has 33 heavy (non-hydrogen) atoms. The van der Waals surface area contributed by atoms with E-state index in [0.29, 0.717) is 38.5 Å². The number of Topliss-reactive ketones (excluding diaryl/α,β-unsaturated/α-hetero) is 1. The number of fused-ring (bicyclic) bond motifs is 1. The van der Waals surface area contributed by atoms with Crippen LogP contribution in [0.15, 0.2) is 12.2 Å². The number of carbonyl (C=O) groups is 1. The van der Waals surface area contributed by atoms with Crippen LogP contribution in [0.1, 0.15) is 85.5 Å². The molecule has 0 aromatic heterocycles. The van der Waals surface area contributed by atoms with Gasteiger partial charge in [0.1, 0.15) is 5.78 Å². The molecule has 0 spiro atoms. The minimum Gasteiger partial charge on any atom is -0.390 e. The fraction of sp³-hybridized carbons (Fsp3) is 0.875. The highest BCUT2D eigenvalue weighted by atomic mass is 19.4. The molecule has 2 rings (SSSR count). The predicted octanol–water partition coefficient (Wildman–Crippen LogP) is 6.52. The van der Waals surface area contributed by atoms with Crippen LogP contribution in [0.4, 0.5) is 26.3 Å². The van der Waals surface area contributed by atoms with Crippen molar-refractivity contribution in [1.29, 1.82) is 0 Å². The van der Waals surface area contributed by atoms with Crippen molar-refractivity contribution in [3.8, 4) is 0 Å². The summed E-state index contributed by atoms with van der Waals surface area (Å²) in [5, 5.41) is 19.6. The van der Waals surface area contributed by atoms with Gasteiger partial charge in [0.2, 0.25) is 0 Å². The SMILES string of the molecule is CC(C)(O)CCC[C@@](C)(C/C=C\C(O)(C(F)(F)F)C(F)(F)F)C1CCC2C(=O)CCC[C@@]21C. The zero-order valence-corrected chi connectivity index (χ0v) is 19.7. The Balaban J connectivity index is 2.36. The molecule has 9 heteroatoms. The molecule has 2 unspecified atom stereocenters. The molecule has 0 saturated heterocycles. The van der Waals surface area contributed by atoms with Crippen LogP contribution in [0, 0.1) is 22.7 Å². The summed E-state index contributed by atoms with van der Waals surface area (Å²) in [4.78, 5) is 12.5. The highest BCUT2D eigenvalue weighted by Gasteiger charge is 2.69. The van der Waals surface area contributed by atoms with Crippen LogP contribution in [-0.4, -0.2) is 39.6 Å². The van der Waals surface area contributed by atoms with Crippen molar-refractivity contribution in [3.05, 3.63) is 12.2 Å². The van der Waals surface area contributed by atoms with E-state index in [2.05, 4.69) is 0 Å². The molecule has 0 heterocycles. The summed E-state index contributed by atoms with van der Waals surface area (Å²) < 4.78 is 78.6. The van der Waals surface area contributed by atoms with E-state index >= 15 is 0 Å². The van der Waals surface area contributed by atoms with Crippen molar-refractivity contribution < 1.29 is 41.4 Å². The third-order valence-corrected chi connectivity index (χ3v) is 8.05. The lowest BCUT2D eigenvalue weighted by molar-refractivity contribution is -0.347. The van der Waals surface area contributed by atoms with Crippen molar-refractivity contribution in [2.24, 2.45) is 22.7 Å². The molecule has 3 nitrogen and oxygen atoms in total. The van der Waals surface area contributed by atoms with Gasteiger partial charge in [0.15, 0.2) is 0 Å². The maximum atomic E-state index is 13.1. The van der Waals surface area contributed by atoms with E-state index in [1.807, 2.05) is 13.8 Å². The minimum atomic E-state index is -5.90. The van der Waals surface area contributed by atoms with E-state index in [1.165, 1.54) is 0 Å². The second-order valence-electron chi connectivity index (χ2n) is 11.2. The van der Waals surface area contributed by atoms with E-state index in [0.717, 1.165) is 18.9 Å². The van der Waals surface area contributed by atoms with Crippen LogP contribution >= 0.6 is 0 Å². The van der Waals surface area contributed by atoms with E-state index < -0.39 is 29.0 Å². The fourth-order valence-electron chi connectivity index (χ4n) is 6.27. The normalized spacial score (nSPS) is 29.4. The van der Waals surface area contributed by atoms with Gasteiger partial charge in [-0.1, -0.05) is 26.3 Å². The van der Waals surface area contributed by atoms with Gasteiger partial charge in [-0.15, -0.1) is 0 Å². The van der Waals surface area contributed by atoms with Gasteiger partial charge in [-0.05, 0) is 81.6 Å². The number of carbonyl (C=O) groups excluding carboxylic acids is 1. The molecule has 0 aromatic carbocycles. The van der Waals surface area contributed by atoms with Gasteiger partial charge in [-0.25, -0.2) is 0 Å². The topological polar surface area (TPSA) is 57.5 Å². The molecule has 0 bridgehead atoms. The molecule has 2 aliphatic rings. The zero-order chi connectivity index (χ0) is 25.5. The third-order valence-electron chi connectivity index (χ3n) is 8.05. The van der Waals surface area contributed by atoms with Gasteiger partial charge < -0.3 is 10.2 Å². The lowest BCUT2D eigenvalue weighted by Gasteiger charge is -2.48. The van der Waals surface area contributed by atoms with E-state index in [4.69, 9.17) is 0 Å². The molecular weight excluding hydrogens is 450 g/mol. The Hall–Kier alpha value is -1.09. The molecule has 0 radical (unpaired) electrons. The number of hydrogen-bond donors (Lipinski definition) is 2. The Labute approximate surface area is 191 Å². The van der Waals surface area contributed by atoms with Gasteiger partial charge in [0, 0.05) is 12.3 Å². The van der Waals surface area contributed by atoms with Gasteiger partial charge in [-0.2, -0.15) is 26.3 Å². The first kappa shape index (κ1) is 28.1. The van der Waals surface area contributed by atoms with Gasteiger partial charge in [-0.3, -0.25) is 4.79 Å². The first-order valence-corrected chi connectivity index (χ1v) is 11.6. The summed E-state index contributed by atoms with van der Waals surface area (Å²) in [7, 11) is 0. The van der Waals surface area contributed by atoms with Crippen LogP contribution in [0.2, 0.25) is 0 Å². The second kappa shape index (κ2) is 9.17. The van der Waals surface area contributed by atoms with Crippen LogP contribution in [0.3, 0.4) is 0 Å². The lowest BCUT2D eigenvalue weighted by atomic mass is 9.56. The molecule has 0 aromatic rings. The summed E-state index contributed by atoms with van der Waals surface area (Å²) in [6.45, 7) is 7.15. The Kier molecular flexibility index (Phi) is 7.82. The number of rotatable bonds is 8. The molecule has 2 aliphatic carbocycles. The first-order chi connectivity index (χ1) is 14.8. The molecular formula is C24H36F6O3. The summed E-state index contributed by atoms with van der Waals surface area (Å²) in [5.74, 6) is -0.0316. The van der Waals surface area contributed by atoms with Crippen LogP contribution in [-0.2, 0) is 4.79 Å². The summed E-state index contributed by atoms with van der Waals surface area (Å²) in [6, 6.07) is 0. The number of alkyl halides is 6. The Bertz CT molecular complexity index is 722. The van der Waals surface area contributed by atoms with Crippen LogP contribution in [0.5, 0.6) is 0 Å². The molecule has 2 fully saturated rings. The van der Waals surface area contributed by atoms with Gasteiger partial charge in [0.25, 0.3) is 5.60 Å². The molecule has 2 N–H and O–H groups in total. The molecule has 0 aliphatic heterocycles. The van der Waals surface area contributed by atoms with Crippen LogP contribution < -0.4 is 0 Å².